The van der Waals surface area contributed by atoms with E-state index in [2.05, 4.69) is 40.0 Å². The van der Waals surface area contributed by atoms with E-state index in [9.17, 15) is 0 Å². The molecule has 84 valence electrons. The lowest BCUT2D eigenvalue weighted by Gasteiger charge is -2.17. The molecule has 0 saturated heterocycles. The van der Waals surface area contributed by atoms with Crippen molar-refractivity contribution in [2.24, 2.45) is 0 Å². The smallest absolute Gasteiger partial charge is 0.230 e. The molecule has 4 heteroatoms. The summed E-state index contributed by atoms with van der Waals surface area (Å²) >= 11 is 3.53. The lowest BCUT2D eigenvalue weighted by molar-refractivity contribution is 0.335. The topological polar surface area (TPSA) is 38.9 Å². The predicted molar refractivity (Wildman–Crippen MR) is 62.1 cm³/mol. The molecule has 0 bridgehead atoms. The summed E-state index contributed by atoms with van der Waals surface area (Å²) in [6, 6.07) is 0. The first-order valence-electron chi connectivity index (χ1n) is 5.63. The van der Waals surface area contributed by atoms with Crippen molar-refractivity contribution in [3.05, 3.63) is 11.8 Å². The average Bonchev–Trinajstić information content (AvgIpc) is 2.85. The Labute approximate surface area is 98.8 Å². The lowest BCUT2D eigenvalue weighted by atomic mass is 9.89. The van der Waals surface area contributed by atoms with Gasteiger partial charge in [-0.2, -0.15) is 0 Å². The Morgan fingerprint density at radius 2 is 2.07 bits per heavy atom. The molecule has 3 nitrogen and oxygen atoms in total. The van der Waals surface area contributed by atoms with E-state index in [0.717, 1.165) is 18.2 Å². The van der Waals surface area contributed by atoms with Crippen molar-refractivity contribution in [2.45, 2.75) is 56.2 Å². The Bertz CT molecular complexity index is 331. The number of alkyl halides is 1. The molecule has 0 aromatic carbocycles. The fourth-order valence-electron chi connectivity index (χ4n) is 2.15. The van der Waals surface area contributed by atoms with Crippen LogP contribution in [0.1, 0.15) is 62.6 Å². The molecule has 0 N–H and O–H groups in total. The maximum Gasteiger partial charge on any atom is 0.230 e. The molecule has 0 aliphatic heterocycles. The molecule has 15 heavy (non-hydrogen) atoms. The maximum atomic E-state index is 5.75. The van der Waals surface area contributed by atoms with Crippen molar-refractivity contribution >= 4 is 15.9 Å². The summed E-state index contributed by atoms with van der Waals surface area (Å²) in [5, 5.41) is 8.31. The van der Waals surface area contributed by atoms with Crippen molar-refractivity contribution in [3.8, 4) is 0 Å². The summed E-state index contributed by atoms with van der Waals surface area (Å²) in [6.07, 6.45) is 5.87. The summed E-state index contributed by atoms with van der Waals surface area (Å²) in [5.74, 6) is 1.55. The summed E-state index contributed by atoms with van der Waals surface area (Å²) in [6.45, 7) is 4.33. The van der Waals surface area contributed by atoms with Gasteiger partial charge in [0.05, 0.1) is 4.83 Å². The number of halogens is 1. The third kappa shape index (κ3) is 2.10. The van der Waals surface area contributed by atoms with Gasteiger partial charge >= 0.3 is 0 Å². The Hall–Kier alpha value is -0.380. The molecule has 0 amide bonds. The SMILES string of the molecule is CCC(Br)c1nnc(C2(C)CCCC2)o1. The van der Waals surface area contributed by atoms with E-state index in [1.807, 2.05) is 0 Å². The number of aromatic nitrogens is 2. The highest BCUT2D eigenvalue weighted by atomic mass is 79.9. The zero-order chi connectivity index (χ0) is 10.9. The highest BCUT2D eigenvalue weighted by Crippen LogP contribution is 2.40. The van der Waals surface area contributed by atoms with E-state index in [0.29, 0.717) is 0 Å². The molecule has 2 rings (SSSR count). The van der Waals surface area contributed by atoms with Gasteiger partial charge in [-0.3, -0.25) is 0 Å². The molecule has 1 saturated carbocycles. The van der Waals surface area contributed by atoms with Crippen LogP contribution >= 0.6 is 15.9 Å². The normalized spacial score (nSPS) is 21.8. The summed E-state index contributed by atoms with van der Waals surface area (Å²) in [7, 11) is 0. The molecule has 0 spiro atoms. The molecule has 1 aliphatic carbocycles. The third-order valence-corrected chi connectivity index (χ3v) is 4.33. The van der Waals surface area contributed by atoms with Crippen LogP contribution in [0.2, 0.25) is 0 Å². The molecule has 1 fully saturated rings. The van der Waals surface area contributed by atoms with Crippen molar-refractivity contribution in [3.63, 3.8) is 0 Å². The zero-order valence-electron chi connectivity index (χ0n) is 9.29. The van der Waals surface area contributed by atoms with Crippen LogP contribution in [-0.2, 0) is 5.41 Å². The minimum absolute atomic E-state index is 0.131. The fraction of sp³-hybridized carbons (Fsp3) is 0.818. The van der Waals surface area contributed by atoms with Crippen molar-refractivity contribution < 1.29 is 4.42 Å². The lowest BCUT2D eigenvalue weighted by Crippen LogP contribution is -2.17. The highest BCUT2D eigenvalue weighted by molar-refractivity contribution is 9.09. The van der Waals surface area contributed by atoms with Crippen LogP contribution in [0.3, 0.4) is 0 Å². The standard InChI is InChI=1S/C11H17BrN2O/c1-3-8(12)9-13-14-10(15-9)11(2)6-4-5-7-11/h8H,3-7H2,1-2H3. The number of hydrogen-bond donors (Lipinski definition) is 0. The van der Waals surface area contributed by atoms with Crippen molar-refractivity contribution in [1.29, 1.82) is 0 Å². The Balaban J connectivity index is 2.19. The first kappa shape index (κ1) is 11.1. The quantitative estimate of drug-likeness (QED) is 0.787. The van der Waals surface area contributed by atoms with Gasteiger partial charge in [0.2, 0.25) is 11.8 Å². The Morgan fingerprint density at radius 1 is 1.40 bits per heavy atom. The highest BCUT2D eigenvalue weighted by Gasteiger charge is 2.36. The van der Waals surface area contributed by atoms with Crippen molar-refractivity contribution in [2.75, 3.05) is 0 Å². The molecule has 1 aromatic heterocycles. The first-order valence-corrected chi connectivity index (χ1v) is 6.55. The van der Waals surface area contributed by atoms with E-state index < -0.39 is 0 Å². The second kappa shape index (κ2) is 4.24. The molecule has 1 aromatic rings. The van der Waals surface area contributed by atoms with Crippen LogP contribution < -0.4 is 0 Å². The second-order valence-electron chi connectivity index (χ2n) is 4.59. The van der Waals surface area contributed by atoms with Crippen molar-refractivity contribution in [1.82, 2.24) is 10.2 Å². The monoisotopic (exact) mass is 272 g/mol. The predicted octanol–water partition coefficient (Wildman–Crippen LogP) is 3.75. The Kier molecular flexibility index (Phi) is 3.14. The van der Waals surface area contributed by atoms with Crippen LogP contribution in [0.15, 0.2) is 4.42 Å². The van der Waals surface area contributed by atoms with Crippen LogP contribution in [-0.4, -0.2) is 10.2 Å². The van der Waals surface area contributed by atoms with E-state index in [-0.39, 0.29) is 10.2 Å². The van der Waals surface area contributed by atoms with E-state index >= 15 is 0 Å². The number of nitrogens with zero attached hydrogens (tertiary/aromatic N) is 2. The van der Waals surface area contributed by atoms with E-state index in [4.69, 9.17) is 4.42 Å². The number of hydrogen-bond acceptors (Lipinski definition) is 3. The van der Waals surface area contributed by atoms with Gasteiger partial charge in [-0.15, -0.1) is 10.2 Å². The molecule has 0 radical (unpaired) electrons. The largest absolute Gasteiger partial charge is 0.423 e. The zero-order valence-corrected chi connectivity index (χ0v) is 10.9. The van der Waals surface area contributed by atoms with E-state index in [1.165, 1.54) is 25.7 Å². The molecule has 1 heterocycles. The van der Waals surface area contributed by atoms with Crippen LogP contribution in [0.5, 0.6) is 0 Å². The van der Waals surface area contributed by atoms with Gasteiger partial charge in [0.15, 0.2) is 0 Å². The summed E-state index contributed by atoms with van der Waals surface area (Å²) in [5.41, 5.74) is 0.131. The summed E-state index contributed by atoms with van der Waals surface area (Å²) < 4.78 is 5.75. The van der Waals surface area contributed by atoms with Gasteiger partial charge in [-0.05, 0) is 19.3 Å². The minimum atomic E-state index is 0.131. The second-order valence-corrected chi connectivity index (χ2v) is 5.69. The Morgan fingerprint density at radius 3 is 2.67 bits per heavy atom. The summed E-state index contributed by atoms with van der Waals surface area (Å²) in [4.78, 5) is 0.198. The minimum Gasteiger partial charge on any atom is -0.423 e. The van der Waals surface area contributed by atoms with Crippen LogP contribution in [0, 0.1) is 0 Å². The fourth-order valence-corrected chi connectivity index (χ4v) is 2.33. The number of rotatable bonds is 3. The molecular formula is C11H17BrN2O. The van der Waals surface area contributed by atoms with E-state index in [1.54, 1.807) is 0 Å². The van der Waals surface area contributed by atoms with Gasteiger partial charge in [-0.1, -0.05) is 42.6 Å². The maximum absolute atomic E-state index is 5.75. The first-order chi connectivity index (χ1) is 7.15. The van der Waals surface area contributed by atoms with Gasteiger partial charge < -0.3 is 4.42 Å². The van der Waals surface area contributed by atoms with Gasteiger partial charge in [0.1, 0.15) is 0 Å². The van der Waals surface area contributed by atoms with Gasteiger partial charge in [-0.25, -0.2) is 0 Å². The average molecular weight is 273 g/mol. The van der Waals surface area contributed by atoms with Gasteiger partial charge in [0, 0.05) is 5.41 Å². The molecule has 1 atom stereocenters. The molecule has 1 aliphatic rings. The molecule has 1 unspecified atom stereocenters. The molecular weight excluding hydrogens is 256 g/mol. The van der Waals surface area contributed by atoms with Crippen LogP contribution in [0.4, 0.5) is 0 Å². The van der Waals surface area contributed by atoms with Gasteiger partial charge in [0.25, 0.3) is 0 Å². The third-order valence-electron chi connectivity index (χ3n) is 3.29. The van der Waals surface area contributed by atoms with Crippen LogP contribution in [0.25, 0.3) is 0 Å².